The van der Waals surface area contributed by atoms with Gasteiger partial charge in [0.15, 0.2) is 0 Å². The summed E-state index contributed by atoms with van der Waals surface area (Å²) in [5.41, 5.74) is 3.96. The summed E-state index contributed by atoms with van der Waals surface area (Å²) in [6.45, 7) is 14.8. The summed E-state index contributed by atoms with van der Waals surface area (Å²) >= 11 is 0. The Morgan fingerprint density at radius 3 is 2.42 bits per heavy atom. The summed E-state index contributed by atoms with van der Waals surface area (Å²) < 4.78 is 41.8. The molecule has 0 aliphatic carbocycles. The standard InChI is InChI=1S/C37H45N7O5S/c1-24-10-8-11-25(2)33(24)30-15-32-41-35(40-30)42-50(46,47)29-13-9-12-26(14-29)34(45)44(28(20-49-32)16-36(3,4)5)19-27-17-38-18-31(39-27)43(7)21-37(6)22-48-23-37/h8-15,17-18,28H,16,19-23H2,1-7H3,(H,40,41,42)/t28-/m1/s1. The van der Waals surface area contributed by atoms with E-state index in [0.717, 1.165) is 23.2 Å². The van der Waals surface area contributed by atoms with Gasteiger partial charge in [-0.25, -0.2) is 23.1 Å². The molecule has 1 atom stereocenters. The van der Waals surface area contributed by atoms with Crippen molar-refractivity contribution < 1.29 is 22.7 Å². The second-order valence-electron chi connectivity index (χ2n) is 15.0. The van der Waals surface area contributed by atoms with Crippen LogP contribution in [-0.2, 0) is 21.3 Å². The van der Waals surface area contributed by atoms with E-state index in [0.29, 0.717) is 36.8 Å². The summed E-state index contributed by atoms with van der Waals surface area (Å²) in [4.78, 5) is 36.7. The summed E-state index contributed by atoms with van der Waals surface area (Å²) in [7, 11) is -2.21. The molecule has 0 spiro atoms. The van der Waals surface area contributed by atoms with Crippen LogP contribution in [0, 0.1) is 24.7 Å². The molecule has 4 aromatic rings. The first-order chi connectivity index (χ1) is 23.6. The Hall–Kier alpha value is -4.62. The molecule has 50 heavy (non-hydrogen) atoms. The predicted molar refractivity (Wildman–Crippen MR) is 192 cm³/mol. The first-order valence-corrected chi connectivity index (χ1v) is 18.2. The van der Waals surface area contributed by atoms with Crippen molar-refractivity contribution in [1.29, 1.82) is 0 Å². The van der Waals surface area contributed by atoms with Gasteiger partial charge >= 0.3 is 0 Å². The van der Waals surface area contributed by atoms with Crippen LogP contribution < -0.4 is 14.4 Å². The maximum absolute atomic E-state index is 14.5. The highest BCUT2D eigenvalue weighted by Crippen LogP contribution is 2.32. The summed E-state index contributed by atoms with van der Waals surface area (Å²) in [6.07, 6.45) is 3.95. The minimum atomic E-state index is -4.19. The van der Waals surface area contributed by atoms with E-state index in [-0.39, 0.29) is 52.2 Å². The molecule has 264 valence electrons. The highest BCUT2D eigenvalue weighted by atomic mass is 32.2. The molecule has 4 bridgehead atoms. The van der Waals surface area contributed by atoms with Crippen LogP contribution in [0.2, 0.25) is 0 Å². The molecule has 2 aliphatic rings. The lowest BCUT2D eigenvalue weighted by atomic mass is 9.87. The molecule has 2 aromatic carbocycles. The second-order valence-corrected chi connectivity index (χ2v) is 16.7. The number of amides is 1. The molecule has 4 heterocycles. The number of fused-ring (bicyclic) bond motifs is 4. The van der Waals surface area contributed by atoms with Gasteiger partial charge in [0.25, 0.3) is 15.9 Å². The molecule has 1 saturated heterocycles. The van der Waals surface area contributed by atoms with Crippen molar-refractivity contribution >= 4 is 27.7 Å². The van der Waals surface area contributed by atoms with Gasteiger partial charge in [-0.1, -0.05) is 52.0 Å². The van der Waals surface area contributed by atoms with Crippen molar-refractivity contribution in [2.45, 2.75) is 65.4 Å². The van der Waals surface area contributed by atoms with E-state index in [9.17, 15) is 13.2 Å². The lowest BCUT2D eigenvalue weighted by Crippen LogP contribution is -2.48. The average Bonchev–Trinajstić information content (AvgIpc) is 3.04. The Morgan fingerprint density at radius 2 is 1.74 bits per heavy atom. The van der Waals surface area contributed by atoms with E-state index in [1.54, 1.807) is 35.5 Å². The van der Waals surface area contributed by atoms with Crippen LogP contribution in [0.4, 0.5) is 11.8 Å². The molecular formula is C37H45N7O5S. The van der Waals surface area contributed by atoms with Gasteiger partial charge in [0, 0.05) is 36.2 Å². The van der Waals surface area contributed by atoms with Crippen LogP contribution in [0.3, 0.4) is 0 Å². The monoisotopic (exact) mass is 699 g/mol. The third-order valence-corrected chi connectivity index (χ3v) is 10.3. The summed E-state index contributed by atoms with van der Waals surface area (Å²) in [5, 5.41) is 0. The number of carbonyl (C=O) groups excluding carboxylic acids is 1. The van der Waals surface area contributed by atoms with Crippen LogP contribution >= 0.6 is 0 Å². The molecule has 0 saturated carbocycles. The van der Waals surface area contributed by atoms with Crippen molar-refractivity contribution in [3.63, 3.8) is 0 Å². The number of anilines is 2. The Balaban J connectivity index is 1.44. The molecule has 1 amide bonds. The van der Waals surface area contributed by atoms with Gasteiger partial charge in [-0.15, -0.1) is 0 Å². The molecule has 1 fully saturated rings. The van der Waals surface area contributed by atoms with Gasteiger partial charge < -0.3 is 19.3 Å². The van der Waals surface area contributed by atoms with E-state index < -0.39 is 16.1 Å². The zero-order chi connectivity index (χ0) is 35.8. The Morgan fingerprint density at radius 1 is 1.02 bits per heavy atom. The van der Waals surface area contributed by atoms with Gasteiger partial charge in [0.1, 0.15) is 12.4 Å². The molecule has 13 heteroatoms. The third kappa shape index (κ3) is 7.89. The van der Waals surface area contributed by atoms with Crippen LogP contribution in [0.1, 0.15) is 61.3 Å². The van der Waals surface area contributed by atoms with E-state index in [1.807, 2.05) is 39.1 Å². The van der Waals surface area contributed by atoms with Gasteiger partial charge in [0.2, 0.25) is 11.8 Å². The normalized spacial score (nSPS) is 18.4. The van der Waals surface area contributed by atoms with Gasteiger partial charge in [-0.2, -0.15) is 4.98 Å². The quantitative estimate of drug-likeness (QED) is 0.257. The predicted octanol–water partition coefficient (Wildman–Crippen LogP) is 5.66. The molecular weight excluding hydrogens is 655 g/mol. The van der Waals surface area contributed by atoms with Crippen molar-refractivity contribution in [2.75, 3.05) is 43.0 Å². The van der Waals surface area contributed by atoms with Gasteiger partial charge in [0.05, 0.1) is 54.5 Å². The summed E-state index contributed by atoms with van der Waals surface area (Å²) in [5.74, 6) is 0.389. The first-order valence-electron chi connectivity index (χ1n) is 16.7. The molecule has 1 N–H and O–H groups in total. The van der Waals surface area contributed by atoms with Crippen molar-refractivity contribution in [3.05, 3.63) is 83.3 Å². The number of aromatic nitrogens is 4. The lowest BCUT2D eigenvalue weighted by Gasteiger charge is -2.41. The van der Waals surface area contributed by atoms with Gasteiger partial charge in [-0.05, 0) is 55.0 Å². The number of hydrogen-bond acceptors (Lipinski definition) is 10. The summed E-state index contributed by atoms with van der Waals surface area (Å²) in [6, 6.07) is 13.2. The van der Waals surface area contributed by atoms with E-state index in [4.69, 9.17) is 14.5 Å². The van der Waals surface area contributed by atoms with Crippen molar-refractivity contribution in [1.82, 2.24) is 24.8 Å². The Kier molecular flexibility index (Phi) is 9.57. The fraction of sp³-hybridized carbons (Fsp3) is 0.432. The fourth-order valence-electron chi connectivity index (χ4n) is 6.57. The van der Waals surface area contributed by atoms with Gasteiger partial charge in [-0.3, -0.25) is 9.78 Å². The van der Waals surface area contributed by atoms with Crippen molar-refractivity contribution in [2.24, 2.45) is 10.8 Å². The Labute approximate surface area is 294 Å². The molecule has 6 rings (SSSR count). The third-order valence-electron chi connectivity index (χ3n) is 8.95. The Bertz CT molecular complexity index is 1990. The minimum absolute atomic E-state index is 0.0338. The highest BCUT2D eigenvalue weighted by Gasteiger charge is 2.35. The molecule has 2 aliphatic heterocycles. The van der Waals surface area contributed by atoms with Crippen LogP contribution in [-0.4, -0.2) is 78.6 Å². The number of aryl methyl sites for hydroxylation is 2. The average molecular weight is 700 g/mol. The SMILES string of the molecule is Cc1cccc(C)c1-c1cc2nc(n1)NS(=O)(=O)c1cccc(c1)C(=O)N(Cc1cncc(N(C)CC3(C)COC3)n1)[C@H](CC(C)(C)C)CO2. The molecule has 0 unspecified atom stereocenters. The first kappa shape index (κ1) is 35.2. The number of nitrogens with one attached hydrogen (secondary N) is 1. The topological polar surface area (TPSA) is 140 Å². The number of ether oxygens (including phenoxy) is 2. The number of nitrogens with zero attached hydrogens (tertiary/aromatic N) is 6. The highest BCUT2D eigenvalue weighted by molar-refractivity contribution is 7.92. The molecule has 0 radical (unpaired) electrons. The van der Waals surface area contributed by atoms with Crippen LogP contribution in [0.25, 0.3) is 11.3 Å². The van der Waals surface area contributed by atoms with E-state index in [1.165, 1.54) is 12.1 Å². The number of carbonyl (C=O) groups is 1. The fourth-order valence-corrected chi connectivity index (χ4v) is 7.56. The number of sulfonamides is 1. The maximum atomic E-state index is 14.5. The largest absolute Gasteiger partial charge is 0.475 e. The van der Waals surface area contributed by atoms with E-state index >= 15 is 0 Å². The van der Waals surface area contributed by atoms with Crippen molar-refractivity contribution in [3.8, 4) is 17.1 Å². The zero-order valence-corrected chi connectivity index (χ0v) is 30.5. The number of rotatable bonds is 7. The molecule has 2 aromatic heterocycles. The lowest BCUT2D eigenvalue weighted by molar-refractivity contribution is -0.0952. The molecule has 12 nitrogen and oxygen atoms in total. The zero-order valence-electron chi connectivity index (χ0n) is 29.7. The maximum Gasteiger partial charge on any atom is 0.264 e. The van der Waals surface area contributed by atoms with Crippen LogP contribution in [0.5, 0.6) is 5.88 Å². The smallest absolute Gasteiger partial charge is 0.264 e. The van der Waals surface area contributed by atoms with E-state index in [2.05, 4.69) is 52.3 Å². The minimum Gasteiger partial charge on any atom is -0.475 e. The number of benzene rings is 2. The number of hydrogen-bond donors (Lipinski definition) is 1. The van der Waals surface area contributed by atoms with Crippen LogP contribution in [0.15, 0.2) is 65.8 Å². The second kappa shape index (κ2) is 13.6.